The van der Waals surface area contributed by atoms with Crippen molar-refractivity contribution in [3.63, 3.8) is 0 Å². The summed E-state index contributed by atoms with van der Waals surface area (Å²) in [5.74, 6) is 0.0553. The molecule has 252 valence electrons. The van der Waals surface area contributed by atoms with Gasteiger partial charge in [0.2, 0.25) is 0 Å². The summed E-state index contributed by atoms with van der Waals surface area (Å²) < 4.78 is 16.3. The van der Waals surface area contributed by atoms with Crippen molar-refractivity contribution in [2.24, 2.45) is 11.8 Å². The van der Waals surface area contributed by atoms with E-state index < -0.39 is 18.2 Å². The third-order valence-corrected chi connectivity index (χ3v) is 9.95. The second-order valence-corrected chi connectivity index (χ2v) is 13.1. The first-order chi connectivity index (χ1) is 23.1. The molecule has 0 amide bonds. The number of hydrogen-bond acceptors (Lipinski definition) is 8. The fourth-order valence-corrected chi connectivity index (χ4v) is 7.68. The van der Waals surface area contributed by atoms with Crippen LogP contribution < -0.4 is 9.47 Å². The predicted molar refractivity (Wildman–Crippen MR) is 182 cm³/mol. The van der Waals surface area contributed by atoms with Crippen molar-refractivity contribution in [1.82, 2.24) is 4.98 Å². The van der Waals surface area contributed by atoms with E-state index in [2.05, 4.69) is 23.2 Å². The summed E-state index contributed by atoms with van der Waals surface area (Å²) >= 11 is 0. The fraction of sp³-hybridized carbons (Fsp3) is 0.385. The number of aromatic hydroxyl groups is 2. The van der Waals surface area contributed by atoms with Crippen LogP contribution in [0, 0.1) is 11.8 Å². The number of allylic oxidation sites excluding steroid dienone is 1. The molecule has 0 bridgehead atoms. The largest absolute Gasteiger partial charge is 0.504 e. The second-order valence-electron chi connectivity index (χ2n) is 13.1. The molecule has 48 heavy (non-hydrogen) atoms. The van der Waals surface area contributed by atoms with Crippen LogP contribution in [-0.2, 0) is 20.7 Å². The number of phenolic OH excluding ortho intramolecular Hbond substituents is 2. The third-order valence-electron chi connectivity index (χ3n) is 9.95. The Morgan fingerprint density at radius 1 is 0.938 bits per heavy atom. The van der Waals surface area contributed by atoms with E-state index in [0.29, 0.717) is 11.3 Å². The van der Waals surface area contributed by atoms with Crippen LogP contribution in [0.4, 0.5) is 0 Å². The predicted octanol–water partition coefficient (Wildman–Crippen LogP) is 6.82. The summed E-state index contributed by atoms with van der Waals surface area (Å²) in [4.78, 5) is 29.7. The number of carbonyl (C=O) groups is 2. The number of phenols is 2. The van der Waals surface area contributed by atoms with Gasteiger partial charge in [0.1, 0.15) is 11.9 Å². The maximum absolute atomic E-state index is 14.0. The molecule has 1 fully saturated rings. The molecule has 2 aliphatic rings. The molecule has 2 aliphatic carbocycles. The third kappa shape index (κ3) is 6.92. The lowest BCUT2D eigenvalue weighted by molar-refractivity contribution is -0.154. The van der Waals surface area contributed by atoms with Gasteiger partial charge in [0.15, 0.2) is 23.0 Å². The van der Waals surface area contributed by atoms with Crippen molar-refractivity contribution in [2.45, 2.75) is 70.0 Å². The maximum Gasteiger partial charge on any atom is 0.303 e. The van der Waals surface area contributed by atoms with Crippen LogP contribution in [0.15, 0.2) is 66.7 Å². The minimum Gasteiger partial charge on any atom is -0.504 e. The lowest BCUT2D eigenvalue weighted by Gasteiger charge is -2.35. The Balaban J connectivity index is 1.33. The van der Waals surface area contributed by atoms with Gasteiger partial charge in [-0.15, -0.1) is 0 Å². The molecule has 5 atom stereocenters. The number of aliphatic hydroxyl groups excluding tert-OH is 1. The normalized spacial score (nSPS) is 20.1. The van der Waals surface area contributed by atoms with Gasteiger partial charge in [-0.05, 0) is 83.7 Å². The van der Waals surface area contributed by atoms with Gasteiger partial charge in [0.25, 0.3) is 0 Å². The highest BCUT2D eigenvalue weighted by molar-refractivity contribution is 5.90. The summed E-state index contributed by atoms with van der Waals surface area (Å²) in [6, 6.07) is 18.6. The second kappa shape index (κ2) is 14.2. The number of ketones is 1. The molecule has 0 unspecified atom stereocenters. The number of aromatic amines is 1. The monoisotopic (exact) mass is 653 g/mol. The average molecular weight is 654 g/mol. The minimum atomic E-state index is -1.16. The summed E-state index contributed by atoms with van der Waals surface area (Å²) in [5, 5.41) is 33.3. The van der Waals surface area contributed by atoms with E-state index in [1.54, 1.807) is 18.2 Å². The highest BCUT2D eigenvalue weighted by Crippen LogP contribution is 2.51. The smallest absolute Gasteiger partial charge is 0.303 e. The number of fused-ring (bicyclic) bond motifs is 3. The number of benzene rings is 3. The fourth-order valence-electron chi connectivity index (χ4n) is 7.68. The first-order valence-corrected chi connectivity index (χ1v) is 16.6. The Labute approximate surface area is 280 Å². The van der Waals surface area contributed by atoms with Gasteiger partial charge < -0.3 is 34.5 Å². The lowest BCUT2D eigenvalue weighted by Crippen LogP contribution is -2.35. The quantitative estimate of drug-likeness (QED) is 0.130. The standard InChI is InChI=1S/C39H43NO8/c1-22(41)48-39(35(44)14-23-12-13-34(43)37(15-23)46-2)19-26(42)18-28-27-10-6-4-8-24(27)16-31(29-20-36(45)38(47-3)21-30(28)29)33-17-25-9-5-7-11-32(25)40-33/h5,7,9,11-13,15-17,20-21,24,27-28,35,39-40,43-45H,4,6,8,10,14,18-19H2,1-3H3/t24-,27+,28+,35+,39+/m1/s1. The number of H-pyrrole nitrogens is 1. The zero-order valence-corrected chi connectivity index (χ0v) is 27.6. The molecule has 1 saturated carbocycles. The lowest BCUT2D eigenvalue weighted by atomic mass is 9.69. The summed E-state index contributed by atoms with van der Waals surface area (Å²) in [6.45, 7) is 1.26. The number of nitrogens with one attached hydrogen (secondary N) is 1. The molecule has 3 aromatic carbocycles. The molecule has 4 aromatic rings. The Kier molecular flexibility index (Phi) is 9.78. The Hall–Kier alpha value is -4.76. The van der Waals surface area contributed by atoms with Crippen LogP contribution >= 0.6 is 0 Å². The molecule has 9 heteroatoms. The average Bonchev–Trinajstić information content (AvgIpc) is 3.46. The van der Waals surface area contributed by atoms with Crippen LogP contribution in [-0.4, -0.2) is 58.5 Å². The van der Waals surface area contributed by atoms with E-state index in [4.69, 9.17) is 14.2 Å². The summed E-state index contributed by atoms with van der Waals surface area (Å²) in [7, 11) is 2.96. The molecule has 1 heterocycles. The first-order valence-electron chi connectivity index (χ1n) is 16.6. The molecule has 0 saturated heterocycles. The Bertz CT molecular complexity index is 1810. The van der Waals surface area contributed by atoms with Gasteiger partial charge in [0.05, 0.1) is 20.3 Å². The molecule has 0 aliphatic heterocycles. The number of ether oxygens (including phenoxy) is 3. The van der Waals surface area contributed by atoms with Gasteiger partial charge in [-0.25, -0.2) is 0 Å². The van der Waals surface area contributed by atoms with Crippen molar-refractivity contribution < 1.29 is 39.1 Å². The molecular weight excluding hydrogens is 610 g/mol. The maximum atomic E-state index is 14.0. The molecule has 0 radical (unpaired) electrons. The first kappa shape index (κ1) is 33.2. The van der Waals surface area contributed by atoms with Crippen LogP contribution in [0.2, 0.25) is 0 Å². The minimum absolute atomic E-state index is 0.0251. The number of carbonyl (C=O) groups excluding carboxylic acids is 2. The SMILES string of the molecule is COc1cc(C[C@H](O)[C@H](CC(=O)C[C@@H]2c3cc(OC)c(O)cc3C(c3cc4ccccc4[nH]3)=C[C@H]3CCCC[C@H]23)OC(C)=O)ccc1O. The number of aliphatic hydroxyl groups is 1. The summed E-state index contributed by atoms with van der Waals surface area (Å²) in [5.41, 5.74) is 5.39. The number of rotatable bonds is 11. The van der Waals surface area contributed by atoms with Gasteiger partial charge in [-0.1, -0.05) is 43.2 Å². The topological polar surface area (TPSA) is 138 Å². The van der Waals surface area contributed by atoms with Crippen molar-refractivity contribution in [3.05, 3.63) is 89.1 Å². The molecular formula is C39H43NO8. The van der Waals surface area contributed by atoms with Crippen LogP contribution in [0.1, 0.15) is 73.8 Å². The summed E-state index contributed by atoms with van der Waals surface area (Å²) in [6.07, 6.45) is 4.28. The van der Waals surface area contributed by atoms with Gasteiger partial charge >= 0.3 is 5.97 Å². The van der Waals surface area contributed by atoms with Crippen LogP contribution in [0.5, 0.6) is 23.0 Å². The Morgan fingerprint density at radius 3 is 2.44 bits per heavy atom. The van der Waals surface area contributed by atoms with Gasteiger partial charge in [0, 0.05) is 48.4 Å². The number of hydrogen-bond donors (Lipinski definition) is 4. The van der Waals surface area contributed by atoms with E-state index in [-0.39, 0.29) is 60.0 Å². The van der Waals surface area contributed by atoms with Crippen molar-refractivity contribution >= 4 is 28.2 Å². The molecule has 4 N–H and O–H groups in total. The number of methoxy groups -OCH3 is 2. The van der Waals surface area contributed by atoms with Crippen molar-refractivity contribution in [1.29, 1.82) is 0 Å². The zero-order valence-electron chi connectivity index (χ0n) is 27.6. The van der Waals surface area contributed by atoms with E-state index in [1.165, 1.54) is 27.2 Å². The van der Waals surface area contributed by atoms with Crippen molar-refractivity contribution in [3.8, 4) is 23.0 Å². The highest BCUT2D eigenvalue weighted by atomic mass is 16.6. The van der Waals surface area contributed by atoms with Crippen LogP contribution in [0.25, 0.3) is 16.5 Å². The molecule has 9 nitrogen and oxygen atoms in total. The number of esters is 1. The molecule has 6 rings (SSSR count). The van der Waals surface area contributed by atoms with E-state index >= 15 is 0 Å². The zero-order chi connectivity index (χ0) is 33.9. The number of Topliss-reactive ketones (excluding diaryl/α,β-unsaturated/α-hetero) is 1. The van der Waals surface area contributed by atoms with Gasteiger partial charge in [-0.2, -0.15) is 0 Å². The molecule has 0 spiro atoms. The van der Waals surface area contributed by atoms with Crippen molar-refractivity contribution in [2.75, 3.05) is 14.2 Å². The van der Waals surface area contributed by atoms with E-state index in [0.717, 1.165) is 59.0 Å². The highest BCUT2D eigenvalue weighted by Gasteiger charge is 2.39. The number of para-hydroxylation sites is 1. The van der Waals surface area contributed by atoms with Gasteiger partial charge in [-0.3, -0.25) is 9.59 Å². The van der Waals surface area contributed by atoms with Crippen LogP contribution in [0.3, 0.4) is 0 Å². The Morgan fingerprint density at radius 2 is 1.69 bits per heavy atom. The molecule has 1 aromatic heterocycles. The number of aromatic nitrogens is 1. The van der Waals surface area contributed by atoms with E-state index in [1.807, 2.05) is 24.3 Å². The van der Waals surface area contributed by atoms with E-state index in [9.17, 15) is 24.9 Å².